The number of nitrogens with one attached hydrogen (secondary N) is 1. The van der Waals surface area contributed by atoms with Crippen molar-refractivity contribution in [2.75, 3.05) is 26.6 Å². The van der Waals surface area contributed by atoms with Crippen LogP contribution < -0.4 is 19.5 Å². The summed E-state index contributed by atoms with van der Waals surface area (Å²) >= 11 is 1.43. The van der Waals surface area contributed by atoms with Crippen LogP contribution >= 0.6 is 11.8 Å². The van der Waals surface area contributed by atoms with Crippen LogP contribution in [0, 0.1) is 0 Å². The van der Waals surface area contributed by atoms with E-state index in [1.54, 1.807) is 27.4 Å². The standard InChI is InChI=1S/C18H17NO4S/c1-21-13-8-11(9-14(22-2)17(13)23-3)10-16-18(20)19-12-6-4-5-7-15(12)24-16/h4-10H,1-3H3,(H,19,20)/b16-10+. The third kappa shape index (κ3) is 3.05. The third-order valence-electron chi connectivity index (χ3n) is 3.56. The van der Waals surface area contributed by atoms with Crippen molar-refractivity contribution in [1.29, 1.82) is 0 Å². The number of methoxy groups -OCH3 is 3. The maximum absolute atomic E-state index is 12.3. The normalized spacial score (nSPS) is 14.8. The van der Waals surface area contributed by atoms with Gasteiger partial charge in [-0.25, -0.2) is 0 Å². The SMILES string of the molecule is COc1cc(/C=C2/Sc3ccccc3NC2=O)cc(OC)c1OC. The van der Waals surface area contributed by atoms with Gasteiger partial charge in [-0.15, -0.1) is 0 Å². The van der Waals surface area contributed by atoms with Crippen molar-refractivity contribution in [3.63, 3.8) is 0 Å². The predicted molar refractivity (Wildman–Crippen MR) is 95.0 cm³/mol. The number of carbonyl (C=O) groups is 1. The van der Waals surface area contributed by atoms with Crippen LogP contribution in [0.15, 0.2) is 46.2 Å². The van der Waals surface area contributed by atoms with Gasteiger partial charge in [0.15, 0.2) is 11.5 Å². The van der Waals surface area contributed by atoms with Crippen LogP contribution in [-0.4, -0.2) is 27.2 Å². The fraction of sp³-hybridized carbons (Fsp3) is 0.167. The van der Waals surface area contributed by atoms with Crippen molar-refractivity contribution < 1.29 is 19.0 Å². The molecule has 0 atom stereocenters. The fourth-order valence-electron chi connectivity index (χ4n) is 2.44. The number of fused-ring (bicyclic) bond motifs is 1. The van der Waals surface area contributed by atoms with Crippen LogP contribution in [0.25, 0.3) is 6.08 Å². The Bertz CT molecular complexity index is 791. The molecule has 0 fully saturated rings. The van der Waals surface area contributed by atoms with Gasteiger partial charge < -0.3 is 19.5 Å². The number of rotatable bonds is 4. The van der Waals surface area contributed by atoms with E-state index in [1.807, 2.05) is 36.4 Å². The molecule has 2 aromatic carbocycles. The lowest BCUT2D eigenvalue weighted by Crippen LogP contribution is -2.17. The number of hydrogen-bond donors (Lipinski definition) is 1. The molecule has 0 spiro atoms. The minimum absolute atomic E-state index is 0.132. The largest absolute Gasteiger partial charge is 0.493 e. The second-order valence-electron chi connectivity index (χ2n) is 5.02. The molecule has 24 heavy (non-hydrogen) atoms. The first-order valence-corrected chi connectivity index (χ1v) is 8.08. The van der Waals surface area contributed by atoms with Gasteiger partial charge in [0.05, 0.1) is 31.9 Å². The van der Waals surface area contributed by atoms with Crippen LogP contribution in [0.3, 0.4) is 0 Å². The van der Waals surface area contributed by atoms with Crippen molar-refractivity contribution in [2.45, 2.75) is 4.90 Å². The molecule has 124 valence electrons. The smallest absolute Gasteiger partial charge is 0.262 e. The van der Waals surface area contributed by atoms with Crippen molar-refractivity contribution in [3.05, 3.63) is 46.9 Å². The summed E-state index contributed by atoms with van der Waals surface area (Å²) in [5.74, 6) is 1.48. The Morgan fingerprint density at radius 1 is 1.00 bits per heavy atom. The third-order valence-corrected chi connectivity index (χ3v) is 4.66. The number of anilines is 1. The monoisotopic (exact) mass is 343 g/mol. The van der Waals surface area contributed by atoms with E-state index in [1.165, 1.54) is 11.8 Å². The highest BCUT2D eigenvalue weighted by Gasteiger charge is 2.21. The number of thioether (sulfide) groups is 1. The lowest BCUT2D eigenvalue weighted by molar-refractivity contribution is -0.112. The Morgan fingerprint density at radius 2 is 1.67 bits per heavy atom. The van der Waals surface area contributed by atoms with Crippen molar-refractivity contribution in [1.82, 2.24) is 0 Å². The fourth-order valence-corrected chi connectivity index (χ4v) is 3.39. The van der Waals surface area contributed by atoms with Crippen LogP contribution in [0.4, 0.5) is 5.69 Å². The zero-order valence-corrected chi connectivity index (χ0v) is 14.4. The van der Waals surface area contributed by atoms with E-state index in [2.05, 4.69) is 5.32 Å². The number of para-hydroxylation sites is 1. The lowest BCUT2D eigenvalue weighted by Gasteiger charge is -2.18. The van der Waals surface area contributed by atoms with Crippen LogP contribution in [0.1, 0.15) is 5.56 Å². The quantitative estimate of drug-likeness (QED) is 0.856. The van der Waals surface area contributed by atoms with Gasteiger partial charge in [-0.3, -0.25) is 4.79 Å². The van der Waals surface area contributed by atoms with Gasteiger partial charge in [0.1, 0.15) is 0 Å². The average molecular weight is 343 g/mol. The Morgan fingerprint density at radius 3 is 2.29 bits per heavy atom. The maximum atomic E-state index is 12.3. The average Bonchev–Trinajstić information content (AvgIpc) is 2.61. The van der Waals surface area contributed by atoms with E-state index in [-0.39, 0.29) is 5.91 Å². The first kappa shape index (κ1) is 16.3. The maximum Gasteiger partial charge on any atom is 0.262 e. The van der Waals surface area contributed by atoms with E-state index in [0.29, 0.717) is 22.2 Å². The van der Waals surface area contributed by atoms with Gasteiger partial charge in [-0.05, 0) is 35.9 Å². The summed E-state index contributed by atoms with van der Waals surface area (Å²) in [5.41, 5.74) is 1.62. The van der Waals surface area contributed by atoms with Gasteiger partial charge in [-0.2, -0.15) is 0 Å². The number of carbonyl (C=O) groups excluding carboxylic acids is 1. The van der Waals surface area contributed by atoms with Gasteiger partial charge >= 0.3 is 0 Å². The van der Waals surface area contributed by atoms with E-state index in [9.17, 15) is 4.79 Å². The van der Waals surface area contributed by atoms with Crippen molar-refractivity contribution in [2.24, 2.45) is 0 Å². The zero-order chi connectivity index (χ0) is 17.1. The molecule has 0 aliphatic carbocycles. The highest BCUT2D eigenvalue weighted by atomic mass is 32.2. The molecule has 0 saturated heterocycles. The topological polar surface area (TPSA) is 56.8 Å². The molecule has 0 saturated carbocycles. The molecule has 3 rings (SSSR count). The van der Waals surface area contributed by atoms with Gasteiger partial charge in [-0.1, -0.05) is 23.9 Å². The molecule has 5 nitrogen and oxygen atoms in total. The second kappa shape index (κ2) is 6.88. The second-order valence-corrected chi connectivity index (χ2v) is 6.10. The number of ether oxygens (including phenoxy) is 3. The summed E-state index contributed by atoms with van der Waals surface area (Å²) in [7, 11) is 4.68. The molecule has 1 aliphatic rings. The Labute approximate surface area is 144 Å². The molecular formula is C18H17NO4S. The molecule has 0 aromatic heterocycles. The van der Waals surface area contributed by atoms with Gasteiger partial charge in [0, 0.05) is 4.90 Å². The number of amides is 1. The van der Waals surface area contributed by atoms with E-state index in [4.69, 9.17) is 14.2 Å². The summed E-state index contributed by atoms with van der Waals surface area (Å²) in [6.07, 6.45) is 1.81. The van der Waals surface area contributed by atoms with Gasteiger partial charge in [0.2, 0.25) is 5.75 Å². The minimum Gasteiger partial charge on any atom is -0.493 e. The van der Waals surface area contributed by atoms with E-state index >= 15 is 0 Å². The van der Waals surface area contributed by atoms with Crippen molar-refractivity contribution >= 4 is 29.4 Å². The van der Waals surface area contributed by atoms with Gasteiger partial charge in [0.25, 0.3) is 5.91 Å². The summed E-state index contributed by atoms with van der Waals surface area (Å²) in [4.78, 5) is 13.9. The molecule has 1 N–H and O–H groups in total. The first-order valence-electron chi connectivity index (χ1n) is 7.26. The van der Waals surface area contributed by atoms with Crippen LogP contribution in [0.5, 0.6) is 17.2 Å². The highest BCUT2D eigenvalue weighted by molar-refractivity contribution is 8.04. The van der Waals surface area contributed by atoms with Crippen LogP contribution in [-0.2, 0) is 4.79 Å². The van der Waals surface area contributed by atoms with E-state index < -0.39 is 0 Å². The van der Waals surface area contributed by atoms with E-state index in [0.717, 1.165) is 16.1 Å². The molecule has 1 aliphatic heterocycles. The molecular weight excluding hydrogens is 326 g/mol. The molecule has 0 radical (unpaired) electrons. The molecule has 6 heteroatoms. The Hall–Kier alpha value is -2.60. The Kier molecular flexibility index (Phi) is 4.66. The molecule has 0 bridgehead atoms. The summed E-state index contributed by atoms with van der Waals surface area (Å²) in [5, 5.41) is 2.89. The zero-order valence-electron chi connectivity index (χ0n) is 13.6. The molecule has 0 unspecified atom stereocenters. The highest BCUT2D eigenvalue weighted by Crippen LogP contribution is 2.41. The van der Waals surface area contributed by atoms with Crippen LogP contribution in [0.2, 0.25) is 0 Å². The summed E-state index contributed by atoms with van der Waals surface area (Å²) in [6.45, 7) is 0. The minimum atomic E-state index is -0.132. The number of benzene rings is 2. The molecule has 1 heterocycles. The summed E-state index contributed by atoms with van der Waals surface area (Å²) in [6, 6.07) is 11.3. The first-order chi connectivity index (χ1) is 11.7. The number of hydrogen-bond acceptors (Lipinski definition) is 5. The Balaban J connectivity index is 2.01. The lowest BCUT2D eigenvalue weighted by atomic mass is 10.1. The molecule has 2 aromatic rings. The summed E-state index contributed by atoms with van der Waals surface area (Å²) < 4.78 is 16.0. The predicted octanol–water partition coefficient (Wildman–Crippen LogP) is 3.80. The molecule has 1 amide bonds. The van der Waals surface area contributed by atoms with Crippen molar-refractivity contribution in [3.8, 4) is 17.2 Å².